The molecule has 1 aromatic heterocycles. The van der Waals surface area contributed by atoms with Gasteiger partial charge in [-0.1, -0.05) is 23.0 Å². The molecular weight excluding hydrogens is 348 g/mol. The molecule has 0 radical (unpaired) electrons. The molecule has 0 spiro atoms. The number of rotatable bonds is 6. The van der Waals surface area contributed by atoms with E-state index in [9.17, 15) is 9.59 Å². The molecule has 0 aliphatic heterocycles. The number of nitrogens with one attached hydrogen (secondary N) is 2. The quantitative estimate of drug-likeness (QED) is 0.759. The van der Waals surface area contributed by atoms with E-state index in [0.717, 1.165) is 24.3 Å². The molecule has 0 saturated carbocycles. The molecule has 0 bridgehead atoms. The number of anilines is 1. The summed E-state index contributed by atoms with van der Waals surface area (Å²) in [7, 11) is 0. The second-order valence-electron chi connectivity index (χ2n) is 6.27. The summed E-state index contributed by atoms with van der Waals surface area (Å²) < 4.78 is 0. The van der Waals surface area contributed by atoms with E-state index in [1.165, 1.54) is 29.8 Å². The highest BCUT2D eigenvalue weighted by molar-refractivity contribution is 7.13. The predicted molar refractivity (Wildman–Crippen MR) is 103 cm³/mol. The molecule has 3 rings (SSSR count). The summed E-state index contributed by atoms with van der Waals surface area (Å²) >= 11 is 1.24. The molecular formula is C19H22N4O2S. The maximum Gasteiger partial charge on any atom is 0.286 e. The third-order valence-electron chi connectivity index (χ3n) is 4.24. The average molecular weight is 370 g/mol. The van der Waals surface area contributed by atoms with Crippen LogP contribution in [0.3, 0.4) is 0 Å². The van der Waals surface area contributed by atoms with Crippen LogP contribution in [0.25, 0.3) is 0 Å². The fourth-order valence-electron chi connectivity index (χ4n) is 2.85. The van der Waals surface area contributed by atoms with Crippen molar-refractivity contribution < 1.29 is 9.59 Å². The van der Waals surface area contributed by atoms with Gasteiger partial charge in [0, 0.05) is 17.8 Å². The zero-order valence-corrected chi connectivity index (χ0v) is 15.6. The van der Waals surface area contributed by atoms with Crippen LogP contribution in [0.15, 0.2) is 35.9 Å². The van der Waals surface area contributed by atoms with E-state index in [0.29, 0.717) is 22.8 Å². The second kappa shape index (κ2) is 8.71. The molecule has 6 nitrogen and oxygen atoms in total. The SMILES string of the molecule is Cc1nnc(C(=O)Nc2ccc(C(=O)NCCC3=CCCCC3)cc2)s1. The molecule has 0 unspecified atom stereocenters. The Hall–Kier alpha value is -2.54. The lowest BCUT2D eigenvalue weighted by atomic mass is 9.97. The number of amides is 2. The maximum absolute atomic E-state index is 12.2. The van der Waals surface area contributed by atoms with Crippen molar-refractivity contribution in [3.63, 3.8) is 0 Å². The molecule has 1 heterocycles. The van der Waals surface area contributed by atoms with E-state index in [1.54, 1.807) is 31.2 Å². The van der Waals surface area contributed by atoms with Crippen molar-refractivity contribution in [2.45, 2.75) is 39.0 Å². The molecule has 0 fully saturated rings. The Morgan fingerprint density at radius 3 is 2.58 bits per heavy atom. The molecule has 0 saturated heterocycles. The highest BCUT2D eigenvalue weighted by atomic mass is 32.1. The Morgan fingerprint density at radius 2 is 1.92 bits per heavy atom. The van der Waals surface area contributed by atoms with Crippen molar-refractivity contribution in [3.05, 3.63) is 51.5 Å². The molecule has 2 amide bonds. The van der Waals surface area contributed by atoms with Crippen LogP contribution in [0.4, 0.5) is 5.69 Å². The van der Waals surface area contributed by atoms with E-state index in [4.69, 9.17) is 0 Å². The minimum absolute atomic E-state index is 0.0981. The largest absolute Gasteiger partial charge is 0.352 e. The van der Waals surface area contributed by atoms with Crippen molar-refractivity contribution >= 4 is 28.8 Å². The highest BCUT2D eigenvalue weighted by Crippen LogP contribution is 2.19. The summed E-state index contributed by atoms with van der Waals surface area (Å²) in [6, 6.07) is 6.83. The Bertz CT molecular complexity index is 811. The molecule has 136 valence electrons. The first kappa shape index (κ1) is 18.3. The van der Waals surface area contributed by atoms with Gasteiger partial charge in [0.15, 0.2) is 0 Å². The van der Waals surface area contributed by atoms with E-state index in [1.807, 2.05) is 0 Å². The topological polar surface area (TPSA) is 84.0 Å². The Labute approximate surface area is 156 Å². The van der Waals surface area contributed by atoms with Gasteiger partial charge in [-0.25, -0.2) is 0 Å². The van der Waals surface area contributed by atoms with Gasteiger partial charge in [-0.05, 0) is 63.3 Å². The van der Waals surface area contributed by atoms with Crippen molar-refractivity contribution in [1.82, 2.24) is 15.5 Å². The summed E-state index contributed by atoms with van der Waals surface area (Å²) in [4.78, 5) is 24.3. The van der Waals surface area contributed by atoms with Crippen LogP contribution in [0.2, 0.25) is 0 Å². The van der Waals surface area contributed by atoms with Gasteiger partial charge >= 0.3 is 0 Å². The van der Waals surface area contributed by atoms with Gasteiger partial charge in [-0.3, -0.25) is 9.59 Å². The monoisotopic (exact) mass is 370 g/mol. The van der Waals surface area contributed by atoms with Crippen LogP contribution in [0.1, 0.15) is 57.3 Å². The Morgan fingerprint density at radius 1 is 1.12 bits per heavy atom. The zero-order valence-electron chi connectivity index (χ0n) is 14.7. The number of benzene rings is 1. The van der Waals surface area contributed by atoms with Gasteiger partial charge in [0.2, 0.25) is 5.01 Å². The molecule has 2 aromatic rings. The average Bonchev–Trinajstić information content (AvgIpc) is 3.10. The Balaban J connectivity index is 1.49. The van der Waals surface area contributed by atoms with Crippen LogP contribution in [-0.2, 0) is 0 Å². The highest BCUT2D eigenvalue weighted by Gasteiger charge is 2.12. The molecule has 1 aliphatic rings. The minimum atomic E-state index is -0.298. The second-order valence-corrected chi connectivity index (χ2v) is 7.45. The van der Waals surface area contributed by atoms with Crippen LogP contribution < -0.4 is 10.6 Å². The number of carbonyl (C=O) groups is 2. The number of nitrogens with zero attached hydrogens (tertiary/aromatic N) is 2. The summed E-state index contributed by atoms with van der Waals surface area (Å²) in [5.41, 5.74) is 2.64. The maximum atomic E-state index is 12.2. The lowest BCUT2D eigenvalue weighted by Gasteiger charge is -2.13. The van der Waals surface area contributed by atoms with Gasteiger partial charge in [0.05, 0.1) is 0 Å². The zero-order chi connectivity index (χ0) is 18.4. The number of hydrogen-bond acceptors (Lipinski definition) is 5. The standard InChI is InChI=1S/C19H22N4O2S/c1-13-22-23-19(26-13)18(25)21-16-9-7-15(8-10-16)17(24)20-12-11-14-5-3-2-4-6-14/h5,7-10H,2-4,6,11-12H2,1H3,(H,20,24)(H,21,25). The van der Waals surface area contributed by atoms with Gasteiger partial charge in [0.25, 0.3) is 11.8 Å². The van der Waals surface area contributed by atoms with Gasteiger partial charge < -0.3 is 10.6 Å². The first-order valence-electron chi connectivity index (χ1n) is 8.79. The minimum Gasteiger partial charge on any atom is -0.352 e. The van der Waals surface area contributed by atoms with Crippen LogP contribution in [-0.4, -0.2) is 28.6 Å². The number of aryl methyl sites for hydroxylation is 1. The Kier molecular flexibility index (Phi) is 6.12. The van der Waals surface area contributed by atoms with E-state index < -0.39 is 0 Å². The number of aromatic nitrogens is 2. The first-order chi connectivity index (χ1) is 12.6. The van der Waals surface area contributed by atoms with Crippen molar-refractivity contribution in [3.8, 4) is 0 Å². The van der Waals surface area contributed by atoms with Crippen LogP contribution >= 0.6 is 11.3 Å². The summed E-state index contributed by atoms with van der Waals surface area (Å²) in [6.45, 7) is 2.45. The smallest absolute Gasteiger partial charge is 0.286 e. The summed E-state index contributed by atoms with van der Waals surface area (Å²) in [6.07, 6.45) is 8.06. The predicted octanol–water partition coefficient (Wildman–Crippen LogP) is 3.72. The molecule has 1 aromatic carbocycles. The summed E-state index contributed by atoms with van der Waals surface area (Å²) in [5.74, 6) is -0.396. The van der Waals surface area contributed by atoms with Crippen LogP contribution in [0.5, 0.6) is 0 Å². The van der Waals surface area contributed by atoms with Gasteiger partial charge in [0.1, 0.15) is 5.01 Å². The number of carbonyl (C=O) groups excluding carboxylic acids is 2. The van der Waals surface area contributed by atoms with Crippen LogP contribution in [0, 0.1) is 6.92 Å². The van der Waals surface area contributed by atoms with E-state index in [2.05, 4.69) is 26.9 Å². The molecule has 7 heteroatoms. The molecule has 0 atom stereocenters. The van der Waals surface area contributed by atoms with Crippen molar-refractivity contribution in [1.29, 1.82) is 0 Å². The van der Waals surface area contributed by atoms with Gasteiger partial charge in [-0.15, -0.1) is 10.2 Å². The number of allylic oxidation sites excluding steroid dienone is 1. The van der Waals surface area contributed by atoms with Crippen molar-refractivity contribution in [2.24, 2.45) is 0 Å². The third kappa shape index (κ3) is 4.98. The summed E-state index contributed by atoms with van der Waals surface area (Å²) in [5, 5.41) is 14.4. The number of hydrogen-bond donors (Lipinski definition) is 2. The van der Waals surface area contributed by atoms with Crippen molar-refractivity contribution in [2.75, 3.05) is 11.9 Å². The first-order valence-corrected chi connectivity index (χ1v) is 9.61. The molecule has 1 aliphatic carbocycles. The van der Waals surface area contributed by atoms with E-state index >= 15 is 0 Å². The molecule has 2 N–H and O–H groups in total. The fourth-order valence-corrected chi connectivity index (χ4v) is 3.44. The third-order valence-corrected chi connectivity index (χ3v) is 5.08. The van der Waals surface area contributed by atoms with Gasteiger partial charge in [-0.2, -0.15) is 0 Å². The lowest BCUT2D eigenvalue weighted by Crippen LogP contribution is -2.24. The fraction of sp³-hybridized carbons (Fsp3) is 0.368. The van der Waals surface area contributed by atoms with E-state index in [-0.39, 0.29) is 11.8 Å². The lowest BCUT2D eigenvalue weighted by molar-refractivity contribution is 0.0953. The molecule has 26 heavy (non-hydrogen) atoms. The normalized spacial score (nSPS) is 13.8.